The molecule has 3 rings (SSSR count). The summed E-state index contributed by atoms with van der Waals surface area (Å²) in [5.74, 6) is 0.388. The fraction of sp³-hybridized carbons (Fsp3) is 0. The van der Waals surface area contributed by atoms with Crippen LogP contribution < -0.4 is 0 Å². The lowest BCUT2D eigenvalue weighted by molar-refractivity contribution is 0.111. The highest BCUT2D eigenvalue weighted by molar-refractivity contribution is 5.72. The molecule has 18 heavy (non-hydrogen) atoms. The third kappa shape index (κ3) is 1.82. The molecule has 0 aliphatic carbocycles. The van der Waals surface area contributed by atoms with Gasteiger partial charge in [0.2, 0.25) is 5.89 Å². The smallest absolute Gasteiger partial charge is 0.229 e. The van der Waals surface area contributed by atoms with Crippen LogP contribution in [0.15, 0.2) is 53.4 Å². The number of oxazole rings is 1. The van der Waals surface area contributed by atoms with E-state index >= 15 is 0 Å². The zero-order valence-electron chi connectivity index (χ0n) is 9.35. The Kier molecular flexibility index (Phi) is 2.49. The standard InChI is InChI=1S/C13H9N3O2/c17-8-11-9-18-13(15-11)10-6-14-16(7-10)12-4-2-1-3-5-12/h1-9H. The Morgan fingerprint density at radius 3 is 2.78 bits per heavy atom. The summed E-state index contributed by atoms with van der Waals surface area (Å²) in [4.78, 5) is 14.6. The van der Waals surface area contributed by atoms with Crippen molar-refractivity contribution >= 4 is 6.29 Å². The van der Waals surface area contributed by atoms with Gasteiger partial charge in [0.05, 0.1) is 17.4 Å². The van der Waals surface area contributed by atoms with E-state index in [4.69, 9.17) is 4.42 Å². The largest absolute Gasteiger partial charge is 0.444 e. The van der Waals surface area contributed by atoms with Gasteiger partial charge in [0.25, 0.3) is 0 Å². The zero-order valence-corrected chi connectivity index (χ0v) is 9.35. The summed E-state index contributed by atoms with van der Waals surface area (Å²) >= 11 is 0. The molecular weight excluding hydrogens is 230 g/mol. The van der Waals surface area contributed by atoms with Gasteiger partial charge in [0.1, 0.15) is 12.0 Å². The number of nitrogens with zero attached hydrogens (tertiary/aromatic N) is 3. The van der Waals surface area contributed by atoms with E-state index in [1.54, 1.807) is 17.1 Å². The topological polar surface area (TPSA) is 60.9 Å². The van der Waals surface area contributed by atoms with E-state index in [0.717, 1.165) is 11.3 Å². The van der Waals surface area contributed by atoms with Crippen LogP contribution >= 0.6 is 0 Å². The van der Waals surface area contributed by atoms with E-state index in [0.29, 0.717) is 12.2 Å². The van der Waals surface area contributed by atoms with Crippen molar-refractivity contribution in [2.75, 3.05) is 0 Å². The van der Waals surface area contributed by atoms with Crippen molar-refractivity contribution in [2.45, 2.75) is 0 Å². The molecule has 0 fully saturated rings. The van der Waals surface area contributed by atoms with Crippen molar-refractivity contribution in [1.82, 2.24) is 14.8 Å². The first-order valence-corrected chi connectivity index (χ1v) is 5.38. The second kappa shape index (κ2) is 4.29. The van der Waals surface area contributed by atoms with Gasteiger partial charge in [-0.25, -0.2) is 9.67 Å². The molecule has 1 aromatic carbocycles. The van der Waals surface area contributed by atoms with Crippen molar-refractivity contribution < 1.29 is 9.21 Å². The monoisotopic (exact) mass is 239 g/mol. The van der Waals surface area contributed by atoms with Crippen LogP contribution in [0.5, 0.6) is 0 Å². The van der Waals surface area contributed by atoms with Crippen LogP contribution in [0.2, 0.25) is 0 Å². The number of hydrogen-bond donors (Lipinski definition) is 0. The van der Waals surface area contributed by atoms with E-state index in [9.17, 15) is 4.79 Å². The molecule has 0 N–H and O–H groups in total. The highest BCUT2D eigenvalue weighted by atomic mass is 16.3. The van der Waals surface area contributed by atoms with Gasteiger partial charge in [0.15, 0.2) is 6.29 Å². The Bertz CT molecular complexity index is 670. The number of rotatable bonds is 3. The average Bonchev–Trinajstić information content (AvgIpc) is 3.08. The fourth-order valence-corrected chi connectivity index (χ4v) is 1.63. The predicted molar refractivity (Wildman–Crippen MR) is 64.4 cm³/mol. The maximum Gasteiger partial charge on any atom is 0.229 e. The minimum atomic E-state index is 0.275. The Labute approximate surface area is 103 Å². The Balaban J connectivity index is 1.96. The van der Waals surface area contributed by atoms with Gasteiger partial charge >= 0.3 is 0 Å². The zero-order chi connectivity index (χ0) is 12.4. The molecule has 0 atom stereocenters. The third-order valence-corrected chi connectivity index (χ3v) is 2.49. The molecule has 88 valence electrons. The normalized spacial score (nSPS) is 10.4. The number of hydrogen-bond acceptors (Lipinski definition) is 4. The molecule has 5 nitrogen and oxygen atoms in total. The van der Waals surface area contributed by atoms with E-state index in [1.165, 1.54) is 6.26 Å². The third-order valence-electron chi connectivity index (χ3n) is 2.49. The van der Waals surface area contributed by atoms with Gasteiger partial charge in [0, 0.05) is 6.20 Å². The molecular formula is C13H9N3O2. The molecule has 2 heterocycles. The maximum atomic E-state index is 10.5. The molecule has 0 aliphatic heterocycles. The van der Waals surface area contributed by atoms with Crippen LogP contribution in [0.4, 0.5) is 0 Å². The van der Waals surface area contributed by atoms with Gasteiger partial charge in [-0.15, -0.1) is 0 Å². The summed E-state index contributed by atoms with van der Waals surface area (Å²) in [6.07, 6.45) is 5.42. The molecule has 0 saturated heterocycles. The van der Waals surface area contributed by atoms with Gasteiger partial charge < -0.3 is 4.42 Å². The molecule has 0 aliphatic rings. The van der Waals surface area contributed by atoms with E-state index < -0.39 is 0 Å². The van der Waals surface area contributed by atoms with Gasteiger partial charge in [-0.2, -0.15) is 5.10 Å². The molecule has 3 aromatic rings. The van der Waals surface area contributed by atoms with E-state index in [2.05, 4.69) is 10.1 Å². The maximum absolute atomic E-state index is 10.5. The van der Waals surface area contributed by atoms with Crippen molar-refractivity contribution in [1.29, 1.82) is 0 Å². The summed E-state index contributed by atoms with van der Waals surface area (Å²) < 4.78 is 6.92. The number of carbonyl (C=O) groups is 1. The molecule has 5 heteroatoms. The molecule has 0 unspecified atom stereocenters. The Morgan fingerprint density at radius 1 is 1.22 bits per heavy atom. The number of para-hydroxylation sites is 1. The van der Waals surface area contributed by atoms with E-state index in [-0.39, 0.29) is 5.69 Å². The van der Waals surface area contributed by atoms with Crippen LogP contribution in [-0.2, 0) is 0 Å². The average molecular weight is 239 g/mol. The highest BCUT2D eigenvalue weighted by Crippen LogP contribution is 2.18. The van der Waals surface area contributed by atoms with Crippen LogP contribution in [0.1, 0.15) is 10.5 Å². The first kappa shape index (κ1) is 10.5. The Hall–Kier alpha value is -2.69. The molecule has 0 amide bonds. The van der Waals surface area contributed by atoms with Crippen molar-refractivity contribution in [2.24, 2.45) is 0 Å². The van der Waals surface area contributed by atoms with Gasteiger partial charge in [-0.3, -0.25) is 4.79 Å². The summed E-state index contributed by atoms with van der Waals surface area (Å²) in [7, 11) is 0. The lowest BCUT2D eigenvalue weighted by Crippen LogP contribution is -1.92. The lowest BCUT2D eigenvalue weighted by Gasteiger charge is -1.98. The molecule has 0 bridgehead atoms. The van der Waals surface area contributed by atoms with Crippen LogP contribution in [0.3, 0.4) is 0 Å². The van der Waals surface area contributed by atoms with Crippen LogP contribution in [-0.4, -0.2) is 21.1 Å². The predicted octanol–water partition coefficient (Wildman–Crippen LogP) is 2.34. The van der Waals surface area contributed by atoms with Crippen LogP contribution in [0, 0.1) is 0 Å². The van der Waals surface area contributed by atoms with Crippen molar-refractivity contribution in [3.63, 3.8) is 0 Å². The summed E-state index contributed by atoms with van der Waals surface area (Å²) in [5.41, 5.74) is 1.95. The second-order valence-electron chi connectivity index (χ2n) is 3.70. The van der Waals surface area contributed by atoms with Crippen molar-refractivity contribution in [3.05, 3.63) is 54.7 Å². The highest BCUT2D eigenvalue weighted by Gasteiger charge is 2.09. The summed E-state index contributed by atoms with van der Waals surface area (Å²) in [6, 6.07) is 9.71. The minimum Gasteiger partial charge on any atom is -0.444 e. The SMILES string of the molecule is O=Cc1coc(-c2cnn(-c3ccccc3)c2)n1. The number of aromatic nitrogens is 3. The number of benzene rings is 1. The molecule has 0 saturated carbocycles. The fourth-order valence-electron chi connectivity index (χ4n) is 1.63. The summed E-state index contributed by atoms with van der Waals surface area (Å²) in [6.45, 7) is 0. The summed E-state index contributed by atoms with van der Waals surface area (Å²) in [5, 5.41) is 4.23. The first-order chi connectivity index (χ1) is 8.86. The minimum absolute atomic E-state index is 0.275. The number of aldehydes is 1. The first-order valence-electron chi connectivity index (χ1n) is 5.38. The van der Waals surface area contributed by atoms with E-state index in [1.807, 2.05) is 30.3 Å². The second-order valence-corrected chi connectivity index (χ2v) is 3.70. The lowest BCUT2D eigenvalue weighted by atomic mass is 10.3. The Morgan fingerprint density at radius 2 is 2.06 bits per heavy atom. The van der Waals surface area contributed by atoms with Crippen LogP contribution in [0.25, 0.3) is 17.1 Å². The molecule has 2 aromatic heterocycles. The quantitative estimate of drug-likeness (QED) is 0.658. The van der Waals surface area contributed by atoms with Gasteiger partial charge in [-0.1, -0.05) is 18.2 Å². The number of carbonyl (C=O) groups excluding carboxylic acids is 1. The molecule has 0 spiro atoms. The van der Waals surface area contributed by atoms with Crippen molar-refractivity contribution in [3.8, 4) is 17.1 Å². The molecule has 0 radical (unpaired) electrons. The van der Waals surface area contributed by atoms with Gasteiger partial charge in [-0.05, 0) is 12.1 Å².